The number of hydrogen-bond acceptors (Lipinski definition) is 3. The largest absolute Gasteiger partial charge is 0.306 e. The molecule has 2 rings (SSSR count). The third-order valence-electron chi connectivity index (χ3n) is 3.32. The number of likely N-dealkylation sites (tertiary alicyclic amines) is 1. The summed E-state index contributed by atoms with van der Waals surface area (Å²) in [5.74, 6) is 0.797. The Morgan fingerprint density at radius 1 is 1.50 bits per heavy atom. The molecule has 0 atom stereocenters. The number of hydrogen-bond donors (Lipinski definition) is 0. The molecule has 0 aliphatic carbocycles. The molecule has 1 aliphatic heterocycles. The van der Waals surface area contributed by atoms with Gasteiger partial charge < -0.3 is 4.90 Å². The van der Waals surface area contributed by atoms with Crippen LogP contribution < -0.4 is 0 Å². The van der Waals surface area contributed by atoms with Crippen LogP contribution in [0.1, 0.15) is 30.1 Å². The molecule has 0 radical (unpaired) electrons. The van der Waals surface area contributed by atoms with Gasteiger partial charge in [-0.05, 0) is 45.8 Å². The van der Waals surface area contributed by atoms with Gasteiger partial charge in [-0.1, -0.05) is 0 Å². The zero-order chi connectivity index (χ0) is 11.5. The van der Waals surface area contributed by atoms with E-state index < -0.39 is 0 Å². The van der Waals surface area contributed by atoms with Crippen LogP contribution in [0.4, 0.5) is 0 Å². The van der Waals surface area contributed by atoms with Crippen molar-refractivity contribution in [3.05, 3.63) is 18.0 Å². The molecule has 1 aliphatic rings. The van der Waals surface area contributed by atoms with Crippen molar-refractivity contribution in [2.45, 2.75) is 26.3 Å². The number of ketones is 1. The molecular formula is C12H19N3O. The van der Waals surface area contributed by atoms with E-state index in [1.807, 2.05) is 10.9 Å². The van der Waals surface area contributed by atoms with Crippen LogP contribution in [0, 0.1) is 5.92 Å². The maximum absolute atomic E-state index is 11.1. The summed E-state index contributed by atoms with van der Waals surface area (Å²) < 4.78 is 1.91. The predicted octanol–water partition coefficient (Wildman–Crippen LogP) is 1.43. The third kappa shape index (κ3) is 2.70. The number of aromatic nitrogens is 2. The van der Waals surface area contributed by atoms with Crippen LogP contribution in [0.2, 0.25) is 0 Å². The molecule has 0 saturated carbocycles. The van der Waals surface area contributed by atoms with E-state index in [9.17, 15) is 4.79 Å². The van der Waals surface area contributed by atoms with E-state index in [-0.39, 0.29) is 5.78 Å². The summed E-state index contributed by atoms with van der Waals surface area (Å²) >= 11 is 0. The fourth-order valence-corrected chi connectivity index (χ4v) is 2.15. The van der Waals surface area contributed by atoms with Crippen molar-refractivity contribution in [1.82, 2.24) is 14.7 Å². The quantitative estimate of drug-likeness (QED) is 0.725. The Balaban J connectivity index is 1.91. The van der Waals surface area contributed by atoms with Gasteiger partial charge in [-0.2, -0.15) is 5.10 Å². The van der Waals surface area contributed by atoms with Gasteiger partial charge in [-0.25, -0.2) is 0 Å². The molecule has 1 aromatic rings. The van der Waals surface area contributed by atoms with E-state index in [0.717, 1.165) is 6.54 Å². The van der Waals surface area contributed by atoms with Crippen molar-refractivity contribution in [2.24, 2.45) is 5.92 Å². The number of rotatable bonds is 3. The molecule has 1 aromatic heterocycles. The van der Waals surface area contributed by atoms with Gasteiger partial charge in [0.2, 0.25) is 0 Å². The zero-order valence-corrected chi connectivity index (χ0v) is 10.0. The second-order valence-electron chi connectivity index (χ2n) is 4.75. The first-order valence-electron chi connectivity index (χ1n) is 5.87. The highest BCUT2D eigenvalue weighted by Crippen LogP contribution is 2.17. The molecule has 1 saturated heterocycles. The molecule has 0 amide bonds. The number of carbonyl (C=O) groups is 1. The Bertz CT molecular complexity index is 364. The van der Waals surface area contributed by atoms with Gasteiger partial charge in [0.1, 0.15) is 0 Å². The minimum absolute atomic E-state index is 0.0922. The summed E-state index contributed by atoms with van der Waals surface area (Å²) in [5, 5.41) is 4.23. The maximum Gasteiger partial charge on any atom is 0.162 e. The molecule has 0 N–H and O–H groups in total. The van der Waals surface area contributed by atoms with Gasteiger partial charge >= 0.3 is 0 Å². The van der Waals surface area contributed by atoms with Crippen LogP contribution in [-0.4, -0.2) is 40.6 Å². The fraction of sp³-hybridized carbons (Fsp3) is 0.667. The summed E-state index contributed by atoms with van der Waals surface area (Å²) in [7, 11) is 2.16. The van der Waals surface area contributed by atoms with Gasteiger partial charge in [-0.15, -0.1) is 0 Å². The van der Waals surface area contributed by atoms with Crippen LogP contribution in [-0.2, 0) is 6.54 Å². The van der Waals surface area contributed by atoms with E-state index in [0.29, 0.717) is 11.5 Å². The first-order valence-corrected chi connectivity index (χ1v) is 5.87. The molecule has 4 heteroatoms. The highest BCUT2D eigenvalue weighted by atomic mass is 16.1. The van der Waals surface area contributed by atoms with Gasteiger partial charge in [0.15, 0.2) is 5.78 Å². The van der Waals surface area contributed by atoms with Crippen LogP contribution in [0.15, 0.2) is 12.4 Å². The van der Waals surface area contributed by atoms with Crippen molar-refractivity contribution in [1.29, 1.82) is 0 Å². The molecule has 88 valence electrons. The van der Waals surface area contributed by atoms with E-state index >= 15 is 0 Å². The first-order chi connectivity index (χ1) is 7.65. The highest BCUT2D eigenvalue weighted by Gasteiger charge is 2.17. The predicted molar refractivity (Wildman–Crippen MR) is 62.5 cm³/mol. The Morgan fingerprint density at radius 2 is 2.19 bits per heavy atom. The van der Waals surface area contributed by atoms with Gasteiger partial charge in [0.25, 0.3) is 0 Å². The Labute approximate surface area is 96.2 Å². The molecule has 16 heavy (non-hydrogen) atoms. The molecule has 0 bridgehead atoms. The van der Waals surface area contributed by atoms with Gasteiger partial charge in [0, 0.05) is 12.7 Å². The monoisotopic (exact) mass is 221 g/mol. The summed E-state index contributed by atoms with van der Waals surface area (Å²) in [6, 6.07) is 0. The average molecular weight is 221 g/mol. The smallest absolute Gasteiger partial charge is 0.162 e. The number of nitrogens with zero attached hydrogens (tertiary/aromatic N) is 3. The minimum atomic E-state index is 0.0922. The molecule has 2 heterocycles. The molecule has 1 fully saturated rings. The van der Waals surface area contributed by atoms with Crippen molar-refractivity contribution in [3.8, 4) is 0 Å². The van der Waals surface area contributed by atoms with Crippen molar-refractivity contribution in [2.75, 3.05) is 20.1 Å². The van der Waals surface area contributed by atoms with Crippen LogP contribution in [0.3, 0.4) is 0 Å². The third-order valence-corrected chi connectivity index (χ3v) is 3.32. The summed E-state index contributed by atoms with van der Waals surface area (Å²) in [5.41, 5.74) is 0.716. The second kappa shape index (κ2) is 4.78. The minimum Gasteiger partial charge on any atom is -0.306 e. The number of carbonyl (C=O) groups excluding carboxylic acids is 1. The van der Waals surface area contributed by atoms with Gasteiger partial charge in [-0.3, -0.25) is 9.48 Å². The highest BCUT2D eigenvalue weighted by molar-refractivity contribution is 5.93. The fourth-order valence-electron chi connectivity index (χ4n) is 2.15. The second-order valence-corrected chi connectivity index (χ2v) is 4.75. The molecule has 4 nitrogen and oxygen atoms in total. The Morgan fingerprint density at radius 3 is 2.75 bits per heavy atom. The van der Waals surface area contributed by atoms with Crippen LogP contribution >= 0.6 is 0 Å². The van der Waals surface area contributed by atoms with Crippen LogP contribution in [0.5, 0.6) is 0 Å². The SMILES string of the molecule is CC(=O)c1cnn(CC2CCN(C)CC2)c1. The normalized spacial score (nSPS) is 18.9. The van der Waals surface area contributed by atoms with Crippen LogP contribution in [0.25, 0.3) is 0 Å². The van der Waals surface area contributed by atoms with Crippen molar-refractivity contribution >= 4 is 5.78 Å². The topological polar surface area (TPSA) is 38.1 Å². The molecule has 0 unspecified atom stereocenters. The zero-order valence-electron chi connectivity index (χ0n) is 10.0. The lowest BCUT2D eigenvalue weighted by atomic mass is 9.97. The van der Waals surface area contributed by atoms with Crippen molar-refractivity contribution in [3.63, 3.8) is 0 Å². The maximum atomic E-state index is 11.1. The summed E-state index contributed by atoms with van der Waals surface area (Å²) in [6.45, 7) is 4.87. The number of piperidine rings is 1. The summed E-state index contributed by atoms with van der Waals surface area (Å²) in [6.07, 6.45) is 5.98. The van der Waals surface area contributed by atoms with Gasteiger partial charge in [0.05, 0.1) is 11.8 Å². The van der Waals surface area contributed by atoms with E-state index in [2.05, 4.69) is 17.0 Å². The lowest BCUT2D eigenvalue weighted by Gasteiger charge is -2.28. The average Bonchev–Trinajstić information content (AvgIpc) is 2.70. The van der Waals surface area contributed by atoms with E-state index in [4.69, 9.17) is 0 Å². The van der Waals surface area contributed by atoms with Crippen molar-refractivity contribution < 1.29 is 4.79 Å². The molecular weight excluding hydrogens is 202 g/mol. The van der Waals surface area contributed by atoms with E-state index in [1.165, 1.54) is 25.9 Å². The van der Waals surface area contributed by atoms with E-state index in [1.54, 1.807) is 13.1 Å². The standard InChI is InChI=1S/C12H19N3O/c1-10(16)12-7-13-15(9-12)8-11-3-5-14(2)6-4-11/h7,9,11H,3-6,8H2,1-2H3. The lowest BCUT2D eigenvalue weighted by molar-refractivity contribution is 0.101. The molecule has 0 spiro atoms. The lowest BCUT2D eigenvalue weighted by Crippen LogP contribution is -2.31. The number of Topliss-reactive ketones (excluding diaryl/α,β-unsaturated/α-hetero) is 1. The Hall–Kier alpha value is -1.16. The first kappa shape index (κ1) is 11.3. The Kier molecular flexibility index (Phi) is 3.39. The summed E-state index contributed by atoms with van der Waals surface area (Å²) in [4.78, 5) is 13.5. The molecule has 0 aromatic carbocycles.